The average molecular weight is 492 g/mol. The first-order valence-electron chi connectivity index (χ1n) is 11.6. The highest BCUT2D eigenvalue weighted by atomic mass is 32.1. The lowest BCUT2D eigenvalue weighted by Crippen LogP contribution is -2.40. The van der Waals surface area contributed by atoms with E-state index < -0.39 is 18.0 Å². The van der Waals surface area contributed by atoms with E-state index in [2.05, 4.69) is 85.6 Å². The number of hydrogen-bond donors (Lipinski definition) is 4. The van der Waals surface area contributed by atoms with E-state index >= 15 is 0 Å². The highest BCUT2D eigenvalue weighted by Gasteiger charge is 2.15. The zero-order valence-electron chi connectivity index (χ0n) is 20.4. The van der Waals surface area contributed by atoms with Gasteiger partial charge in [-0.2, -0.15) is 12.6 Å². The van der Waals surface area contributed by atoms with Gasteiger partial charge in [0.05, 0.1) is 0 Å². The minimum atomic E-state index is -1.06. The maximum atomic E-state index is 10.3. The fourth-order valence-electron chi connectivity index (χ4n) is 2.28. The van der Waals surface area contributed by atoms with Crippen molar-refractivity contribution >= 4 is 30.5 Å². The Morgan fingerprint density at radius 3 is 1.38 bits per heavy atom. The molecule has 0 heterocycles. The van der Waals surface area contributed by atoms with E-state index in [1.165, 1.54) is 6.92 Å². The van der Waals surface area contributed by atoms with Crippen LogP contribution in [0.3, 0.4) is 0 Å². The van der Waals surface area contributed by atoms with E-state index in [9.17, 15) is 14.4 Å². The van der Waals surface area contributed by atoms with Gasteiger partial charge >= 0.3 is 11.9 Å². The van der Waals surface area contributed by atoms with Gasteiger partial charge in [0.1, 0.15) is 6.04 Å². The van der Waals surface area contributed by atoms with Crippen LogP contribution >= 0.6 is 12.6 Å². The summed E-state index contributed by atoms with van der Waals surface area (Å²) in [4.78, 5) is 30.8. The zero-order chi connectivity index (χ0) is 25.9. The van der Waals surface area contributed by atoms with Crippen LogP contribution in [0.4, 0.5) is 0 Å². The molecule has 190 valence electrons. The van der Waals surface area contributed by atoms with Crippen molar-refractivity contribution in [2.24, 2.45) is 0 Å². The first-order valence-corrected chi connectivity index (χ1v) is 12.2. The van der Waals surface area contributed by atoms with Gasteiger partial charge in [0, 0.05) is 19.1 Å². The van der Waals surface area contributed by atoms with Gasteiger partial charge in [-0.3, -0.25) is 9.59 Å². The number of carbonyl (C=O) groups is 3. The third-order valence-electron chi connectivity index (χ3n) is 3.98. The molecule has 0 spiro atoms. The molecule has 1 atom stereocenters. The number of carbonyl (C=O) groups excluding carboxylic acids is 1. The van der Waals surface area contributed by atoms with Crippen molar-refractivity contribution < 1.29 is 24.6 Å². The average Bonchev–Trinajstić information content (AvgIpc) is 2.79. The van der Waals surface area contributed by atoms with E-state index in [-0.39, 0.29) is 18.1 Å². The molecule has 0 aromatic heterocycles. The number of amides is 1. The third-order valence-corrected chi connectivity index (χ3v) is 4.34. The van der Waals surface area contributed by atoms with Crippen molar-refractivity contribution in [3.8, 4) is 0 Å². The van der Waals surface area contributed by atoms with Gasteiger partial charge in [-0.05, 0) is 44.9 Å². The minimum absolute atomic E-state index is 0.106. The third kappa shape index (κ3) is 29.2. The second-order valence-electron chi connectivity index (χ2n) is 7.12. The van der Waals surface area contributed by atoms with Crippen LogP contribution in [0, 0.1) is 0 Å². The molecule has 0 aliphatic rings. The number of carboxylic acid groups (broad SMARTS) is 2. The predicted octanol–water partition coefficient (Wildman–Crippen LogP) is 6.05. The quantitative estimate of drug-likeness (QED) is 0.146. The monoisotopic (exact) mass is 491 g/mol. The summed E-state index contributed by atoms with van der Waals surface area (Å²) in [5, 5.41) is 19.1. The molecule has 0 aromatic rings. The fraction of sp³-hybridized carbons (Fsp3) is 0.444. The lowest BCUT2D eigenvalue weighted by atomic mass is 10.2. The number of carboxylic acids is 2. The van der Waals surface area contributed by atoms with E-state index in [0.717, 1.165) is 38.5 Å². The Hall–Kier alpha value is -2.80. The Labute approximate surface area is 210 Å². The van der Waals surface area contributed by atoms with Crippen molar-refractivity contribution in [2.75, 3.05) is 5.75 Å². The molecule has 34 heavy (non-hydrogen) atoms. The SMILES string of the molecule is CC(=O)N[C@@H](CS)C(=O)O.CC/C=C\C/C=C\C/C=C\C/C=C\C/C=C\C/C=C\CCC(=O)O. The molecular formula is C27H41NO5S. The molecule has 0 aliphatic heterocycles. The summed E-state index contributed by atoms with van der Waals surface area (Å²) in [7, 11) is 0. The van der Waals surface area contributed by atoms with Crippen LogP contribution in [0.1, 0.15) is 65.2 Å². The molecule has 0 saturated heterocycles. The summed E-state index contributed by atoms with van der Waals surface area (Å²) in [6.45, 7) is 3.41. The Morgan fingerprint density at radius 1 is 0.735 bits per heavy atom. The number of allylic oxidation sites excluding steroid dienone is 12. The lowest BCUT2D eigenvalue weighted by Gasteiger charge is -2.08. The molecule has 0 aliphatic carbocycles. The summed E-state index contributed by atoms with van der Waals surface area (Å²) >= 11 is 3.73. The fourth-order valence-corrected chi connectivity index (χ4v) is 2.52. The molecule has 0 saturated carbocycles. The summed E-state index contributed by atoms with van der Waals surface area (Å²) in [6.07, 6.45) is 32.5. The molecule has 0 bridgehead atoms. The molecule has 7 heteroatoms. The Kier molecular flexibility index (Phi) is 26.0. The summed E-state index contributed by atoms with van der Waals surface area (Å²) in [5.74, 6) is -2.06. The summed E-state index contributed by atoms with van der Waals surface area (Å²) < 4.78 is 0. The van der Waals surface area contributed by atoms with Gasteiger partial charge in [0.25, 0.3) is 0 Å². The van der Waals surface area contributed by atoms with Gasteiger partial charge in [0.2, 0.25) is 5.91 Å². The lowest BCUT2D eigenvalue weighted by molar-refractivity contribution is -0.140. The Bertz CT molecular complexity index is 721. The standard InChI is InChI=1S/C22H32O2.C5H9NO3S/c1-2-3-4-5-6-7-8-9-10-11-12-13-14-15-16-17-18-19-20-21-22(23)24;1-3(7)6-4(2-10)5(8)9/h3-4,6-7,9-10,12-13,15-16,18-19H,2,5,8,11,14,17,20-21H2,1H3,(H,23,24);4,10H,2H2,1H3,(H,6,7)(H,8,9)/b4-3-,7-6-,10-9-,13-12-,16-15-,19-18-;/t;4-/m.0/s1. The molecule has 0 radical (unpaired) electrons. The molecule has 6 nitrogen and oxygen atoms in total. The van der Waals surface area contributed by atoms with Crippen molar-refractivity contribution in [2.45, 2.75) is 71.3 Å². The van der Waals surface area contributed by atoms with E-state index in [1.807, 2.05) is 12.2 Å². The number of thiol groups is 1. The summed E-state index contributed by atoms with van der Waals surface area (Å²) in [6, 6.07) is -0.874. The molecule has 0 rings (SSSR count). The van der Waals surface area contributed by atoms with Crippen LogP contribution in [-0.4, -0.2) is 39.9 Å². The molecule has 0 aromatic carbocycles. The molecule has 0 unspecified atom stereocenters. The van der Waals surface area contributed by atoms with Crippen LogP contribution in [0.25, 0.3) is 0 Å². The highest BCUT2D eigenvalue weighted by Crippen LogP contribution is 1.97. The smallest absolute Gasteiger partial charge is 0.327 e. The van der Waals surface area contributed by atoms with Gasteiger partial charge in [-0.1, -0.05) is 79.8 Å². The first-order chi connectivity index (χ1) is 16.3. The topological polar surface area (TPSA) is 104 Å². The highest BCUT2D eigenvalue weighted by molar-refractivity contribution is 7.80. The number of nitrogens with one attached hydrogen (secondary N) is 1. The molecular weight excluding hydrogens is 450 g/mol. The van der Waals surface area contributed by atoms with Crippen LogP contribution in [-0.2, 0) is 14.4 Å². The van der Waals surface area contributed by atoms with Gasteiger partial charge in [-0.25, -0.2) is 4.79 Å². The first kappa shape index (κ1) is 33.4. The van der Waals surface area contributed by atoms with Gasteiger partial charge in [0.15, 0.2) is 0 Å². The molecule has 3 N–H and O–H groups in total. The normalized spacial score (nSPS) is 12.8. The molecule has 1 amide bonds. The maximum Gasteiger partial charge on any atom is 0.327 e. The second kappa shape index (κ2) is 26.5. The second-order valence-corrected chi connectivity index (χ2v) is 7.49. The van der Waals surface area contributed by atoms with Gasteiger partial charge in [-0.15, -0.1) is 0 Å². The van der Waals surface area contributed by atoms with Crippen molar-refractivity contribution in [3.63, 3.8) is 0 Å². The summed E-state index contributed by atoms with van der Waals surface area (Å²) in [5.41, 5.74) is 0. The number of rotatable bonds is 17. The zero-order valence-corrected chi connectivity index (χ0v) is 21.3. The van der Waals surface area contributed by atoms with E-state index in [1.54, 1.807) is 0 Å². The van der Waals surface area contributed by atoms with Crippen LogP contribution in [0.2, 0.25) is 0 Å². The Balaban J connectivity index is 0. The van der Waals surface area contributed by atoms with E-state index in [0.29, 0.717) is 6.42 Å². The van der Waals surface area contributed by atoms with Gasteiger partial charge < -0.3 is 15.5 Å². The largest absolute Gasteiger partial charge is 0.481 e. The van der Waals surface area contributed by atoms with E-state index in [4.69, 9.17) is 10.2 Å². The van der Waals surface area contributed by atoms with Crippen molar-refractivity contribution in [1.29, 1.82) is 0 Å². The Morgan fingerprint density at radius 2 is 1.12 bits per heavy atom. The minimum Gasteiger partial charge on any atom is -0.481 e. The van der Waals surface area contributed by atoms with Crippen molar-refractivity contribution in [1.82, 2.24) is 5.32 Å². The van der Waals surface area contributed by atoms with Crippen LogP contribution in [0.15, 0.2) is 72.9 Å². The molecule has 0 fully saturated rings. The van der Waals surface area contributed by atoms with Crippen LogP contribution < -0.4 is 5.32 Å². The number of hydrogen-bond acceptors (Lipinski definition) is 4. The maximum absolute atomic E-state index is 10.3. The van der Waals surface area contributed by atoms with Crippen LogP contribution in [0.5, 0.6) is 0 Å². The predicted molar refractivity (Wildman–Crippen MR) is 144 cm³/mol. The van der Waals surface area contributed by atoms with Crippen molar-refractivity contribution in [3.05, 3.63) is 72.9 Å². The number of aliphatic carboxylic acids is 2.